The Morgan fingerprint density at radius 3 is 2.47 bits per heavy atom. The van der Waals surface area contributed by atoms with E-state index < -0.39 is 64.7 Å². The van der Waals surface area contributed by atoms with E-state index >= 15 is 0 Å². The van der Waals surface area contributed by atoms with E-state index in [1.807, 2.05) is 0 Å². The molecule has 1 aliphatic rings. The zero-order chi connectivity index (χ0) is 24.7. The largest absolute Gasteiger partial charge is 0.488 e. The van der Waals surface area contributed by atoms with E-state index in [1.165, 1.54) is 0 Å². The van der Waals surface area contributed by atoms with Gasteiger partial charge < -0.3 is 35.2 Å². The molecule has 16 nitrogen and oxygen atoms in total. The van der Waals surface area contributed by atoms with Crippen molar-refractivity contribution in [2.75, 3.05) is 12.4 Å². The highest BCUT2D eigenvalue weighted by Gasteiger charge is 2.59. The molecular weight excluding hydrogens is 546 g/mol. The quantitative estimate of drug-likeness (QED) is 0.169. The van der Waals surface area contributed by atoms with Gasteiger partial charge in [-0.2, -0.15) is 19.1 Å². The Hall–Kier alpha value is -0.340. The lowest BCUT2D eigenvalue weighted by atomic mass is 9.98. The first-order valence-corrected chi connectivity index (χ1v) is 14.4. The molecule has 22 heteroatoms. The number of aliphatic hydroxyl groups excluding tert-OH is 1. The Kier molecular flexibility index (Phi) is 8.48. The maximum atomic E-state index is 13.8. The molecule has 0 bridgehead atoms. The van der Waals surface area contributed by atoms with E-state index in [0.717, 1.165) is 13.1 Å². The van der Waals surface area contributed by atoms with Gasteiger partial charge in [-0.05, 0) is 15.5 Å². The molecule has 0 amide bonds. The molecule has 1 aromatic rings. The van der Waals surface area contributed by atoms with Gasteiger partial charge in [-0.25, -0.2) is 22.6 Å². The number of anilines is 1. The van der Waals surface area contributed by atoms with E-state index in [0.29, 0.717) is 4.68 Å². The van der Waals surface area contributed by atoms with Crippen molar-refractivity contribution in [3.63, 3.8) is 0 Å². The SMILES string of the molecule is C[C@H](OP(=O)(O)OP(=O)(O)OP(O)(O)=P)[C@H]1O[C@@H](n2ncc(N)nc2=O)C(Cl)(CF)[C@H]1O. The standard InChI is InChI=1S/C10H18ClFN4O12P4/c1-4(26-30(19,20)27-31(21,22)28-32(23,24)29)6-7(17)10(11,3-12)8(25-6)16-9(18)15-5(13)2-14-16/h2,4,6-8,17,23-24,29H,3H2,1H3,(H,19,20)(H,21,22)(H2,13,15,18)/t4-,6+,7-,8+,10?/m0/s1. The highest BCUT2D eigenvalue weighted by molar-refractivity contribution is 7.91. The smallest absolute Gasteiger partial charge is 0.388 e. The molecule has 1 fully saturated rings. The number of ether oxygens (including phenoxy) is 1. The zero-order valence-electron chi connectivity index (χ0n) is 15.7. The molecule has 3 unspecified atom stereocenters. The number of aliphatic hydroxyl groups is 1. The second kappa shape index (κ2) is 9.73. The van der Waals surface area contributed by atoms with Crippen molar-refractivity contribution in [2.24, 2.45) is 0 Å². The second-order valence-corrected chi connectivity index (χ2v) is 13.3. The summed E-state index contributed by atoms with van der Waals surface area (Å²) in [6.07, 6.45) is -6.24. The fourth-order valence-electron chi connectivity index (χ4n) is 2.63. The number of phosphoric ester groups is 1. The maximum Gasteiger partial charge on any atom is 0.488 e. The Labute approximate surface area is 185 Å². The first-order chi connectivity index (χ1) is 14.4. The summed E-state index contributed by atoms with van der Waals surface area (Å²) in [5.41, 5.74) is 4.21. The molecule has 0 radical (unpaired) electrons. The molecular formula is C10H18ClFN4O12P4. The lowest BCUT2D eigenvalue weighted by Crippen LogP contribution is -2.47. The van der Waals surface area contributed by atoms with Crippen LogP contribution < -0.4 is 11.4 Å². The monoisotopic (exact) mass is 564 g/mol. The number of hydrogen-bond acceptors (Lipinski definition) is 11. The van der Waals surface area contributed by atoms with Crippen LogP contribution >= 0.6 is 43.0 Å². The summed E-state index contributed by atoms with van der Waals surface area (Å²) < 4.78 is 55.6. The minimum atomic E-state index is -5.54. The number of rotatable bonds is 9. The van der Waals surface area contributed by atoms with Gasteiger partial charge in [0.25, 0.3) is 7.23 Å². The van der Waals surface area contributed by atoms with Crippen molar-refractivity contribution >= 4 is 48.8 Å². The van der Waals surface area contributed by atoms with Crippen molar-refractivity contribution < 1.29 is 56.1 Å². The fraction of sp³-hybridized carbons (Fsp3) is 0.700. The minimum Gasteiger partial charge on any atom is -0.388 e. The average Bonchev–Trinajstić information content (AvgIpc) is 2.84. The van der Waals surface area contributed by atoms with Crippen LogP contribution in [0.1, 0.15) is 13.2 Å². The van der Waals surface area contributed by atoms with E-state index in [9.17, 15) is 33.2 Å². The third-order valence-corrected chi connectivity index (χ3v) is 9.08. The maximum absolute atomic E-state index is 13.8. The number of halogens is 2. The fourth-order valence-corrected chi connectivity index (χ4v) is 7.10. The zero-order valence-corrected chi connectivity index (χ0v) is 20.1. The van der Waals surface area contributed by atoms with Crippen molar-refractivity contribution in [3.8, 4) is 0 Å². The predicted molar refractivity (Wildman–Crippen MR) is 107 cm³/mol. The van der Waals surface area contributed by atoms with Gasteiger partial charge in [0, 0.05) is 0 Å². The lowest BCUT2D eigenvalue weighted by molar-refractivity contribution is -0.0792. The number of nitrogen functional groups attached to an aromatic ring is 1. The van der Waals surface area contributed by atoms with Gasteiger partial charge in [0.15, 0.2) is 6.23 Å². The van der Waals surface area contributed by atoms with Crippen molar-refractivity contribution in [3.05, 3.63) is 16.7 Å². The summed E-state index contributed by atoms with van der Waals surface area (Å²) in [7, 11) is -13.4. The molecule has 2 heterocycles. The van der Waals surface area contributed by atoms with Crippen LogP contribution in [0.3, 0.4) is 0 Å². The Bertz CT molecular complexity index is 1060. The van der Waals surface area contributed by atoms with Crippen LogP contribution in [0.5, 0.6) is 0 Å². The molecule has 1 aliphatic heterocycles. The Morgan fingerprint density at radius 1 is 1.38 bits per heavy atom. The normalized spacial score (nSPS) is 31.1. The molecule has 0 aromatic carbocycles. The summed E-state index contributed by atoms with van der Waals surface area (Å²) in [6.45, 7) is -0.461. The summed E-state index contributed by atoms with van der Waals surface area (Å²) in [5, 5.41) is 14.1. The van der Waals surface area contributed by atoms with Gasteiger partial charge in [0.05, 0.1) is 12.3 Å². The third-order valence-electron chi connectivity index (χ3n) is 3.85. The number of nitrogens with two attached hydrogens (primary N) is 1. The molecule has 32 heavy (non-hydrogen) atoms. The van der Waals surface area contributed by atoms with Gasteiger partial charge >= 0.3 is 21.3 Å². The number of phosphoric acid groups is 2. The molecule has 0 saturated carbocycles. The molecule has 7 N–H and O–H groups in total. The topological polar surface area (TPSA) is 246 Å². The molecule has 1 aromatic heterocycles. The number of hydrogen-bond donors (Lipinski definition) is 6. The highest BCUT2D eigenvalue weighted by atomic mass is 35.5. The van der Waals surface area contributed by atoms with Crippen LogP contribution in [0.15, 0.2) is 11.0 Å². The van der Waals surface area contributed by atoms with Gasteiger partial charge in [0.1, 0.15) is 29.6 Å². The summed E-state index contributed by atoms with van der Waals surface area (Å²) >= 11 is 6.12. The van der Waals surface area contributed by atoms with Gasteiger partial charge in [0.2, 0.25) is 0 Å². The van der Waals surface area contributed by atoms with E-state index in [1.54, 1.807) is 0 Å². The predicted octanol–water partition coefficient (Wildman–Crippen LogP) is -0.130. The van der Waals surface area contributed by atoms with Crippen LogP contribution in [0, 0.1) is 0 Å². The number of alkyl halides is 2. The summed E-state index contributed by atoms with van der Waals surface area (Å²) in [5.74, 6) is -0.270. The minimum absolute atomic E-state index is 0.270. The van der Waals surface area contributed by atoms with Gasteiger partial charge in [-0.1, -0.05) is 0 Å². The van der Waals surface area contributed by atoms with Gasteiger partial charge in [-0.15, -0.1) is 11.6 Å². The van der Waals surface area contributed by atoms with E-state index in [4.69, 9.17) is 31.9 Å². The lowest BCUT2D eigenvalue weighted by Gasteiger charge is -2.27. The summed E-state index contributed by atoms with van der Waals surface area (Å²) in [4.78, 5) is 50.1. The molecule has 0 aliphatic carbocycles. The van der Waals surface area contributed by atoms with Crippen LogP contribution in [-0.4, -0.2) is 69.3 Å². The average molecular weight is 565 g/mol. The van der Waals surface area contributed by atoms with Crippen LogP contribution in [-0.2, 0) is 27.0 Å². The second-order valence-electron chi connectivity index (χ2n) is 6.32. The van der Waals surface area contributed by atoms with Crippen LogP contribution in [0.4, 0.5) is 10.2 Å². The molecule has 1 saturated heterocycles. The van der Waals surface area contributed by atoms with E-state index in [-0.39, 0.29) is 5.82 Å². The Morgan fingerprint density at radius 2 is 1.97 bits per heavy atom. The number of aromatic nitrogens is 3. The molecule has 2 rings (SSSR count). The molecule has 0 spiro atoms. The van der Waals surface area contributed by atoms with E-state index in [2.05, 4.69) is 31.8 Å². The Balaban J connectivity index is 2.25. The molecule has 184 valence electrons. The van der Waals surface area contributed by atoms with Crippen molar-refractivity contribution in [1.82, 2.24) is 14.8 Å². The number of nitrogens with zero attached hydrogens (tertiary/aromatic N) is 3. The van der Waals surface area contributed by atoms with Crippen LogP contribution in [0.25, 0.3) is 0 Å². The highest BCUT2D eigenvalue weighted by Crippen LogP contribution is 2.68. The van der Waals surface area contributed by atoms with Crippen molar-refractivity contribution in [2.45, 2.75) is 36.3 Å². The molecule has 7 atom stereocenters. The first-order valence-electron chi connectivity index (χ1n) is 8.07. The van der Waals surface area contributed by atoms with Crippen molar-refractivity contribution in [1.29, 1.82) is 0 Å². The van der Waals surface area contributed by atoms with Gasteiger partial charge in [-0.3, -0.25) is 4.52 Å². The van der Waals surface area contributed by atoms with Crippen LogP contribution in [0.2, 0.25) is 0 Å². The third kappa shape index (κ3) is 6.62. The summed E-state index contributed by atoms with van der Waals surface area (Å²) in [6, 6.07) is 0. The first kappa shape index (κ1) is 27.9.